The third-order valence-corrected chi connectivity index (χ3v) is 5.25. The molecule has 1 saturated heterocycles. The Morgan fingerprint density at radius 3 is 2.00 bits per heavy atom. The van der Waals surface area contributed by atoms with E-state index in [9.17, 15) is 9.59 Å². The minimum atomic E-state index is 0.0652. The second-order valence-electron chi connectivity index (χ2n) is 7.55. The number of carbonyl (C=O) groups is 2. The summed E-state index contributed by atoms with van der Waals surface area (Å²) >= 11 is 0. The first kappa shape index (κ1) is 20.4. The zero-order valence-corrected chi connectivity index (χ0v) is 16.6. The minimum Gasteiger partial charge on any atom is -0.349 e. The van der Waals surface area contributed by atoms with Crippen LogP contribution in [0.1, 0.15) is 31.4 Å². The topological polar surface area (TPSA) is 67.1 Å². The molecular formula is C20H34N4O2+2. The Hall–Kier alpha value is -1.92. The second kappa shape index (κ2) is 9.69. The van der Waals surface area contributed by atoms with Crippen molar-refractivity contribution in [2.24, 2.45) is 0 Å². The summed E-state index contributed by atoms with van der Waals surface area (Å²) in [6.45, 7) is 12.9. The lowest BCUT2D eigenvalue weighted by atomic mass is 10.1. The maximum Gasteiger partial charge on any atom is 0.279 e. The van der Waals surface area contributed by atoms with Gasteiger partial charge in [-0.3, -0.25) is 9.59 Å². The van der Waals surface area contributed by atoms with Gasteiger partial charge in [0.15, 0.2) is 13.1 Å². The number of carbonyl (C=O) groups excluding carboxylic acids is 2. The summed E-state index contributed by atoms with van der Waals surface area (Å²) in [4.78, 5) is 27.0. The molecule has 26 heavy (non-hydrogen) atoms. The van der Waals surface area contributed by atoms with Crippen LogP contribution >= 0.6 is 0 Å². The standard InChI is InChI=1S/C20H32N4O2/c1-5-17(4)21-18(25)13-23-9-11-24(12-10-23)14-19(26)22-20-15(2)7-6-8-16(20)3/h6-8,17H,5,9-14H2,1-4H3,(H,21,25)(H,22,26)/p+2/t17-/m1/s1. The van der Waals surface area contributed by atoms with Crippen molar-refractivity contribution in [3.63, 3.8) is 0 Å². The number of rotatable bonds is 7. The average Bonchev–Trinajstić information content (AvgIpc) is 2.60. The maximum atomic E-state index is 12.4. The monoisotopic (exact) mass is 362 g/mol. The lowest BCUT2D eigenvalue weighted by Crippen LogP contribution is -3.28. The average molecular weight is 363 g/mol. The fraction of sp³-hybridized carbons (Fsp3) is 0.600. The first-order chi connectivity index (χ1) is 12.4. The summed E-state index contributed by atoms with van der Waals surface area (Å²) < 4.78 is 0. The van der Waals surface area contributed by atoms with Gasteiger partial charge in [-0.2, -0.15) is 0 Å². The molecule has 0 spiro atoms. The number of amides is 2. The summed E-state index contributed by atoms with van der Waals surface area (Å²) in [5.41, 5.74) is 3.12. The van der Waals surface area contributed by atoms with Crippen molar-refractivity contribution in [1.29, 1.82) is 0 Å². The third kappa shape index (κ3) is 6.11. The summed E-state index contributed by atoms with van der Waals surface area (Å²) in [6.07, 6.45) is 0.953. The fourth-order valence-electron chi connectivity index (χ4n) is 3.39. The van der Waals surface area contributed by atoms with Crippen LogP contribution in [0.5, 0.6) is 0 Å². The summed E-state index contributed by atoms with van der Waals surface area (Å²) in [7, 11) is 0. The molecular weight excluding hydrogens is 328 g/mol. The number of anilines is 1. The van der Waals surface area contributed by atoms with E-state index < -0.39 is 0 Å². The van der Waals surface area contributed by atoms with Gasteiger partial charge in [0, 0.05) is 11.7 Å². The molecule has 0 unspecified atom stereocenters. The molecule has 1 aromatic rings. The first-order valence-corrected chi connectivity index (χ1v) is 9.71. The number of piperazine rings is 1. The van der Waals surface area contributed by atoms with Crippen LogP contribution in [0.4, 0.5) is 5.69 Å². The Morgan fingerprint density at radius 1 is 1.00 bits per heavy atom. The van der Waals surface area contributed by atoms with E-state index in [-0.39, 0.29) is 17.9 Å². The van der Waals surface area contributed by atoms with Gasteiger partial charge in [0.25, 0.3) is 11.8 Å². The van der Waals surface area contributed by atoms with Crippen LogP contribution in [-0.2, 0) is 9.59 Å². The van der Waals surface area contributed by atoms with Gasteiger partial charge in [0.2, 0.25) is 0 Å². The van der Waals surface area contributed by atoms with E-state index in [2.05, 4.69) is 17.6 Å². The van der Waals surface area contributed by atoms with Crippen LogP contribution in [0.2, 0.25) is 0 Å². The van der Waals surface area contributed by atoms with E-state index in [0.29, 0.717) is 13.1 Å². The predicted octanol–water partition coefficient (Wildman–Crippen LogP) is -1.06. The smallest absolute Gasteiger partial charge is 0.279 e. The van der Waals surface area contributed by atoms with E-state index in [1.807, 2.05) is 39.0 Å². The fourth-order valence-corrected chi connectivity index (χ4v) is 3.39. The lowest BCUT2D eigenvalue weighted by molar-refractivity contribution is -1.00. The Labute approximate surface area is 156 Å². The molecule has 1 aliphatic rings. The van der Waals surface area contributed by atoms with Crippen LogP contribution < -0.4 is 20.4 Å². The number of para-hydroxylation sites is 1. The molecule has 1 atom stereocenters. The van der Waals surface area contributed by atoms with E-state index in [4.69, 9.17) is 0 Å². The molecule has 0 aromatic heterocycles. The maximum absolute atomic E-state index is 12.4. The van der Waals surface area contributed by atoms with Gasteiger partial charge in [-0.15, -0.1) is 0 Å². The second-order valence-corrected chi connectivity index (χ2v) is 7.55. The van der Waals surface area contributed by atoms with Gasteiger partial charge in [0.1, 0.15) is 26.2 Å². The molecule has 1 fully saturated rings. The molecule has 2 amide bonds. The molecule has 2 rings (SSSR count). The normalized spacial score (nSPS) is 21.1. The number of quaternary nitrogens is 2. The van der Waals surface area contributed by atoms with Crippen LogP contribution in [0, 0.1) is 13.8 Å². The summed E-state index contributed by atoms with van der Waals surface area (Å²) in [5.74, 6) is 0.195. The highest BCUT2D eigenvalue weighted by atomic mass is 16.2. The highest BCUT2D eigenvalue weighted by Gasteiger charge is 2.26. The molecule has 1 aromatic carbocycles. The highest BCUT2D eigenvalue weighted by Crippen LogP contribution is 2.18. The zero-order chi connectivity index (χ0) is 19.1. The SMILES string of the molecule is CC[C@@H](C)NC(=O)C[NH+]1CC[NH+](CC(=O)Nc2c(C)cccc2C)CC1. The number of nitrogens with one attached hydrogen (secondary N) is 4. The van der Waals surface area contributed by atoms with Gasteiger partial charge in [0.05, 0.1) is 0 Å². The molecule has 0 aliphatic carbocycles. The molecule has 1 aliphatic heterocycles. The van der Waals surface area contributed by atoms with Gasteiger partial charge in [-0.05, 0) is 38.3 Å². The van der Waals surface area contributed by atoms with E-state index in [0.717, 1.165) is 49.4 Å². The van der Waals surface area contributed by atoms with Crippen molar-refractivity contribution in [1.82, 2.24) is 5.32 Å². The Kier molecular flexibility index (Phi) is 7.60. The third-order valence-electron chi connectivity index (χ3n) is 5.25. The van der Waals surface area contributed by atoms with Crippen molar-refractivity contribution < 1.29 is 19.4 Å². The molecule has 0 saturated carbocycles. The van der Waals surface area contributed by atoms with Crippen molar-refractivity contribution >= 4 is 17.5 Å². The van der Waals surface area contributed by atoms with Gasteiger partial charge in [-0.25, -0.2) is 0 Å². The molecule has 4 N–H and O–H groups in total. The van der Waals surface area contributed by atoms with E-state index in [1.165, 1.54) is 9.80 Å². The number of hydrogen-bond donors (Lipinski definition) is 4. The largest absolute Gasteiger partial charge is 0.349 e. The molecule has 144 valence electrons. The van der Waals surface area contributed by atoms with Crippen LogP contribution in [0.25, 0.3) is 0 Å². The quantitative estimate of drug-likeness (QED) is 0.500. The molecule has 6 heteroatoms. The van der Waals surface area contributed by atoms with Crippen LogP contribution in [0.15, 0.2) is 18.2 Å². The van der Waals surface area contributed by atoms with E-state index >= 15 is 0 Å². The lowest BCUT2D eigenvalue weighted by Gasteiger charge is -2.29. The predicted molar refractivity (Wildman–Crippen MR) is 104 cm³/mol. The van der Waals surface area contributed by atoms with Crippen molar-refractivity contribution in [3.8, 4) is 0 Å². The Balaban J connectivity index is 1.74. The van der Waals surface area contributed by atoms with Crippen molar-refractivity contribution in [2.45, 2.75) is 40.2 Å². The number of benzene rings is 1. The van der Waals surface area contributed by atoms with Crippen molar-refractivity contribution in [3.05, 3.63) is 29.3 Å². The minimum absolute atomic E-state index is 0.0652. The molecule has 6 nitrogen and oxygen atoms in total. The van der Waals surface area contributed by atoms with E-state index in [1.54, 1.807) is 0 Å². The highest BCUT2D eigenvalue weighted by molar-refractivity contribution is 5.93. The number of aryl methyl sites for hydroxylation is 2. The van der Waals surface area contributed by atoms with Crippen molar-refractivity contribution in [2.75, 3.05) is 44.6 Å². The van der Waals surface area contributed by atoms with Crippen LogP contribution in [-0.4, -0.2) is 57.1 Å². The molecule has 1 heterocycles. The Bertz CT molecular complexity index is 604. The van der Waals surface area contributed by atoms with Gasteiger partial charge >= 0.3 is 0 Å². The summed E-state index contributed by atoms with van der Waals surface area (Å²) in [6, 6.07) is 6.28. The van der Waals surface area contributed by atoms with Gasteiger partial charge < -0.3 is 20.4 Å². The molecule has 0 radical (unpaired) electrons. The molecule has 0 bridgehead atoms. The Morgan fingerprint density at radius 2 is 1.50 bits per heavy atom. The first-order valence-electron chi connectivity index (χ1n) is 9.71. The summed E-state index contributed by atoms with van der Waals surface area (Å²) in [5, 5.41) is 6.09. The number of hydrogen-bond acceptors (Lipinski definition) is 2. The van der Waals surface area contributed by atoms with Crippen LogP contribution in [0.3, 0.4) is 0 Å². The van der Waals surface area contributed by atoms with Gasteiger partial charge in [-0.1, -0.05) is 25.1 Å². The zero-order valence-electron chi connectivity index (χ0n) is 16.6.